The molecule has 0 amide bonds. The Morgan fingerprint density at radius 1 is 0.280 bits per heavy atom. The molecule has 4 aromatic heterocycles. The van der Waals surface area contributed by atoms with Gasteiger partial charge in [0, 0.05) is 66.3 Å². The summed E-state index contributed by atoms with van der Waals surface area (Å²) in [5.41, 5.74) is 13.0. The van der Waals surface area contributed by atoms with Gasteiger partial charge in [0.15, 0.2) is 17.5 Å². The molecule has 0 unspecified atom stereocenters. The average molecular weight is 956 g/mol. The summed E-state index contributed by atoms with van der Waals surface area (Å²) in [6, 6.07) is 88.7. The van der Waals surface area contributed by atoms with Gasteiger partial charge in [0.1, 0.15) is 11.2 Å². The fourth-order valence-electron chi connectivity index (χ4n) is 11.9. The van der Waals surface area contributed by atoms with Gasteiger partial charge in [-0.2, -0.15) is 0 Å². The van der Waals surface area contributed by atoms with E-state index in [0.29, 0.717) is 17.5 Å². The summed E-state index contributed by atoms with van der Waals surface area (Å²) in [5.74, 6) is 1.75. The quantitative estimate of drug-likeness (QED) is 0.167. The van der Waals surface area contributed by atoms with Crippen molar-refractivity contribution in [1.82, 2.24) is 24.1 Å². The zero-order chi connectivity index (χ0) is 49.1. The number of nitrogens with zero attached hydrogens (tertiary/aromatic N) is 5. The van der Waals surface area contributed by atoms with Gasteiger partial charge in [-0.05, 0) is 111 Å². The molecule has 0 spiro atoms. The molecule has 0 aliphatic carbocycles. The summed E-state index contributed by atoms with van der Waals surface area (Å²) in [7, 11) is 0. The van der Waals surface area contributed by atoms with E-state index >= 15 is 0 Å². The third-order valence-electron chi connectivity index (χ3n) is 15.3. The first kappa shape index (κ1) is 41.4. The van der Waals surface area contributed by atoms with Crippen LogP contribution in [0.1, 0.15) is 0 Å². The topological polar surface area (TPSA) is 61.7 Å². The lowest BCUT2D eigenvalue weighted by molar-refractivity contribution is 0.668. The number of hydrogen-bond donors (Lipinski definition) is 0. The van der Waals surface area contributed by atoms with E-state index in [1.165, 1.54) is 32.3 Å². The first-order valence-electron chi connectivity index (χ1n) is 25.4. The number of benzene rings is 12. The molecule has 6 nitrogen and oxygen atoms in total. The smallest absolute Gasteiger partial charge is 0.164 e. The Balaban J connectivity index is 0.949. The Morgan fingerprint density at radius 3 is 1.71 bits per heavy atom. The molecule has 4 heterocycles. The molecule has 0 N–H and O–H groups in total. The number of furan rings is 1. The molecule has 16 rings (SSSR count). The molecule has 0 radical (unpaired) electrons. The van der Waals surface area contributed by atoms with Crippen molar-refractivity contribution in [2.45, 2.75) is 0 Å². The molecule has 0 bridgehead atoms. The minimum absolute atomic E-state index is 0.565. The van der Waals surface area contributed by atoms with Gasteiger partial charge >= 0.3 is 0 Å². The van der Waals surface area contributed by atoms with E-state index in [1.807, 2.05) is 6.07 Å². The highest BCUT2D eigenvalue weighted by atomic mass is 16.3. The third kappa shape index (κ3) is 6.43. The Kier molecular flexibility index (Phi) is 8.94. The summed E-state index contributed by atoms with van der Waals surface area (Å²) < 4.78 is 11.8. The monoisotopic (exact) mass is 955 g/mol. The van der Waals surface area contributed by atoms with Crippen molar-refractivity contribution in [2.24, 2.45) is 0 Å². The first-order chi connectivity index (χ1) is 37.2. The largest absolute Gasteiger partial charge is 0.456 e. The molecule has 16 aromatic rings. The zero-order valence-corrected chi connectivity index (χ0v) is 40.3. The van der Waals surface area contributed by atoms with Crippen LogP contribution in [0.2, 0.25) is 0 Å². The highest BCUT2D eigenvalue weighted by Crippen LogP contribution is 2.45. The summed E-state index contributed by atoms with van der Waals surface area (Å²) in [6.07, 6.45) is 0. The molecule has 0 fully saturated rings. The predicted octanol–water partition coefficient (Wildman–Crippen LogP) is 18.1. The second kappa shape index (κ2) is 16.2. The molecular weight excluding hydrogens is 915 g/mol. The van der Waals surface area contributed by atoms with Crippen molar-refractivity contribution < 1.29 is 4.42 Å². The van der Waals surface area contributed by atoms with Gasteiger partial charge in [-0.25, -0.2) is 15.0 Å². The van der Waals surface area contributed by atoms with Gasteiger partial charge < -0.3 is 13.6 Å². The molecule has 0 aliphatic rings. The highest BCUT2D eigenvalue weighted by Gasteiger charge is 2.24. The molecule has 0 aliphatic heterocycles. The Hall–Kier alpha value is -10.2. The van der Waals surface area contributed by atoms with E-state index < -0.39 is 0 Å². The lowest BCUT2D eigenvalue weighted by Crippen LogP contribution is -2.01. The van der Waals surface area contributed by atoms with Crippen LogP contribution in [0.5, 0.6) is 0 Å². The fraction of sp³-hybridized carbons (Fsp3) is 0. The summed E-state index contributed by atoms with van der Waals surface area (Å²) in [6.45, 7) is 0. The Labute approximate surface area is 429 Å². The number of aromatic nitrogens is 5. The normalized spacial score (nSPS) is 12.0. The van der Waals surface area contributed by atoms with Gasteiger partial charge in [-0.1, -0.05) is 170 Å². The molecule has 348 valence electrons. The van der Waals surface area contributed by atoms with Gasteiger partial charge in [-0.3, -0.25) is 0 Å². The molecule has 0 saturated carbocycles. The average Bonchev–Trinajstić information content (AvgIpc) is 4.13. The molecule has 12 aromatic carbocycles. The maximum Gasteiger partial charge on any atom is 0.164 e. The van der Waals surface area contributed by atoms with Crippen LogP contribution in [-0.2, 0) is 0 Å². The van der Waals surface area contributed by atoms with Crippen LogP contribution < -0.4 is 0 Å². The molecule has 0 atom stereocenters. The van der Waals surface area contributed by atoms with Crippen molar-refractivity contribution in [3.63, 3.8) is 0 Å². The van der Waals surface area contributed by atoms with E-state index in [0.717, 1.165) is 105 Å². The number of rotatable bonds is 6. The molecular formula is C69H41N5O. The molecule has 0 saturated heterocycles. The summed E-state index contributed by atoms with van der Waals surface area (Å²) in [4.78, 5) is 16.1. The van der Waals surface area contributed by atoms with Gasteiger partial charge in [0.25, 0.3) is 0 Å². The second-order valence-corrected chi connectivity index (χ2v) is 19.5. The van der Waals surface area contributed by atoms with E-state index in [1.54, 1.807) is 0 Å². The van der Waals surface area contributed by atoms with Crippen LogP contribution >= 0.6 is 0 Å². The first-order valence-corrected chi connectivity index (χ1v) is 25.4. The zero-order valence-electron chi connectivity index (χ0n) is 40.3. The highest BCUT2D eigenvalue weighted by molar-refractivity contribution is 6.24. The molecule has 75 heavy (non-hydrogen) atoms. The van der Waals surface area contributed by atoms with E-state index in [4.69, 9.17) is 19.4 Å². The maximum absolute atomic E-state index is 7.03. The summed E-state index contributed by atoms with van der Waals surface area (Å²) in [5, 5.41) is 13.7. The van der Waals surface area contributed by atoms with Crippen molar-refractivity contribution in [2.75, 3.05) is 0 Å². The van der Waals surface area contributed by atoms with Crippen LogP contribution in [0.3, 0.4) is 0 Å². The van der Waals surface area contributed by atoms with Crippen LogP contribution in [0.15, 0.2) is 253 Å². The third-order valence-corrected chi connectivity index (χ3v) is 15.3. The minimum Gasteiger partial charge on any atom is -0.456 e. The van der Waals surface area contributed by atoms with Crippen LogP contribution in [0.4, 0.5) is 0 Å². The minimum atomic E-state index is 0.565. The standard InChI is InChI=1S/C69H41N5O/c1-3-17-43(18-4-1)54-40-57-64(41-62(54)74-60-35-32-44-19-11-12-25-51(44)65(60)56-37-46-21-9-10-22-47(46)39-61(56)74)75-63-29-15-27-53(66(57)63)69-71-67(48-31-30-42-16-7-8-20-45(42)36-48)70-68(72-69)49-33-34-59-55(38-49)52-26-13-14-28-58(52)73(59)50-23-5-2-6-24-50/h1-41H. The van der Waals surface area contributed by atoms with Crippen LogP contribution in [0, 0.1) is 0 Å². The van der Waals surface area contributed by atoms with E-state index in [-0.39, 0.29) is 0 Å². The van der Waals surface area contributed by atoms with Crippen molar-refractivity contribution >= 4 is 97.9 Å². The SMILES string of the molecule is c1ccc(-c2cc3c(cc2-n2c4cc5ccccc5cc4c4c5ccccc5ccc42)oc2cccc(-c4nc(-c5ccc6ccccc6c5)nc(-c5ccc6c(c5)c5ccccc5n6-c5ccccc5)n4)c23)cc1. The summed E-state index contributed by atoms with van der Waals surface area (Å²) >= 11 is 0. The number of hydrogen-bond acceptors (Lipinski definition) is 4. The van der Waals surface area contributed by atoms with Gasteiger partial charge in [0.05, 0.1) is 27.8 Å². The number of para-hydroxylation sites is 2. The van der Waals surface area contributed by atoms with Crippen LogP contribution in [-0.4, -0.2) is 24.1 Å². The van der Waals surface area contributed by atoms with Crippen molar-refractivity contribution in [3.8, 4) is 56.7 Å². The van der Waals surface area contributed by atoms with Crippen molar-refractivity contribution in [3.05, 3.63) is 249 Å². The van der Waals surface area contributed by atoms with Crippen molar-refractivity contribution in [1.29, 1.82) is 0 Å². The lowest BCUT2D eigenvalue weighted by Gasteiger charge is -2.15. The molecule has 6 heteroatoms. The van der Waals surface area contributed by atoms with Gasteiger partial charge in [-0.15, -0.1) is 0 Å². The predicted molar refractivity (Wildman–Crippen MR) is 310 cm³/mol. The second-order valence-electron chi connectivity index (χ2n) is 19.5. The van der Waals surface area contributed by atoms with E-state index in [2.05, 4.69) is 252 Å². The lowest BCUT2D eigenvalue weighted by atomic mass is 9.98. The van der Waals surface area contributed by atoms with E-state index in [9.17, 15) is 0 Å². The fourth-order valence-corrected chi connectivity index (χ4v) is 11.9. The Bertz CT molecular complexity index is 5010. The van der Waals surface area contributed by atoms with Gasteiger partial charge in [0.2, 0.25) is 0 Å². The Morgan fingerprint density at radius 2 is 0.893 bits per heavy atom. The maximum atomic E-state index is 7.03. The van der Waals surface area contributed by atoms with Crippen LogP contribution in [0.25, 0.3) is 155 Å². The number of fused-ring (bicyclic) bond motifs is 13.